The molecule has 3 rings (SSSR count). The highest BCUT2D eigenvalue weighted by Crippen LogP contribution is 2.46. The number of benzene rings is 1. The first-order chi connectivity index (χ1) is 10.0. The van der Waals surface area contributed by atoms with E-state index in [1.807, 2.05) is 6.20 Å². The van der Waals surface area contributed by atoms with E-state index in [0.29, 0.717) is 12.2 Å². The lowest BCUT2D eigenvalue weighted by Gasteiger charge is -2.34. The van der Waals surface area contributed by atoms with E-state index < -0.39 is 0 Å². The summed E-state index contributed by atoms with van der Waals surface area (Å²) in [6.45, 7) is 11.0. The quantitative estimate of drug-likeness (QED) is 0.812. The van der Waals surface area contributed by atoms with Crippen LogP contribution in [-0.4, -0.2) is 17.2 Å². The van der Waals surface area contributed by atoms with Crippen LogP contribution < -0.4 is 9.80 Å². The van der Waals surface area contributed by atoms with E-state index in [1.165, 1.54) is 22.6 Å². The summed E-state index contributed by atoms with van der Waals surface area (Å²) in [7, 11) is 0. The van der Waals surface area contributed by atoms with Crippen LogP contribution in [0.4, 0.5) is 17.1 Å². The van der Waals surface area contributed by atoms with Gasteiger partial charge < -0.3 is 9.80 Å². The maximum Gasteiger partial charge on any atom is 0.104 e. The van der Waals surface area contributed by atoms with Gasteiger partial charge in [0, 0.05) is 12.2 Å². The fourth-order valence-electron chi connectivity index (χ4n) is 3.48. The molecule has 0 saturated heterocycles. The number of aryl methyl sites for hydroxylation is 2. The van der Waals surface area contributed by atoms with Crippen LogP contribution in [0.15, 0.2) is 36.5 Å². The van der Waals surface area contributed by atoms with Crippen LogP contribution >= 0.6 is 0 Å². The minimum atomic E-state index is 0.295. The molecule has 2 heterocycles. The molecule has 0 amide bonds. The van der Waals surface area contributed by atoms with Gasteiger partial charge in [0.1, 0.15) is 6.17 Å². The Morgan fingerprint density at radius 2 is 1.71 bits per heavy atom. The van der Waals surface area contributed by atoms with Gasteiger partial charge >= 0.3 is 0 Å². The van der Waals surface area contributed by atoms with Crippen LogP contribution in [0.2, 0.25) is 0 Å². The summed E-state index contributed by atoms with van der Waals surface area (Å²) in [4.78, 5) is 9.40. The van der Waals surface area contributed by atoms with Gasteiger partial charge in [-0.3, -0.25) is 4.98 Å². The predicted molar refractivity (Wildman–Crippen MR) is 89.4 cm³/mol. The van der Waals surface area contributed by atoms with Crippen molar-refractivity contribution in [2.45, 2.75) is 46.8 Å². The number of anilines is 3. The molecule has 2 aromatic rings. The van der Waals surface area contributed by atoms with Crippen LogP contribution in [0.5, 0.6) is 0 Å². The Hall–Kier alpha value is -2.03. The first kappa shape index (κ1) is 13.9. The van der Waals surface area contributed by atoms with E-state index >= 15 is 0 Å². The topological polar surface area (TPSA) is 19.4 Å². The lowest BCUT2D eigenvalue weighted by Crippen LogP contribution is -2.42. The van der Waals surface area contributed by atoms with Crippen molar-refractivity contribution in [3.05, 3.63) is 47.8 Å². The van der Waals surface area contributed by atoms with Gasteiger partial charge in [-0.15, -0.1) is 0 Å². The highest BCUT2D eigenvalue weighted by Gasteiger charge is 2.36. The Labute approximate surface area is 127 Å². The number of rotatable bonds is 2. The SMILES string of the molecule is Cc1ccnc(C)c1N1c2ccccc2N(C(C)C)[C@H]1C. The second kappa shape index (κ2) is 5.06. The summed E-state index contributed by atoms with van der Waals surface area (Å²) in [5.41, 5.74) is 6.18. The first-order valence-corrected chi connectivity index (χ1v) is 7.61. The summed E-state index contributed by atoms with van der Waals surface area (Å²) in [6.07, 6.45) is 2.19. The molecule has 0 spiro atoms. The molecule has 1 aromatic heterocycles. The van der Waals surface area contributed by atoms with Gasteiger partial charge in [-0.2, -0.15) is 0 Å². The number of para-hydroxylation sites is 2. The summed E-state index contributed by atoms with van der Waals surface area (Å²) >= 11 is 0. The highest BCUT2D eigenvalue weighted by molar-refractivity contribution is 5.85. The van der Waals surface area contributed by atoms with Gasteiger partial charge in [-0.25, -0.2) is 0 Å². The van der Waals surface area contributed by atoms with Crippen LogP contribution in [0.1, 0.15) is 32.0 Å². The second-order valence-electron chi connectivity index (χ2n) is 6.05. The molecule has 0 saturated carbocycles. The standard InChI is InChI=1S/C18H23N3/c1-12(2)20-15(5)21(17-9-7-6-8-16(17)20)18-13(3)10-11-19-14(18)4/h6-12,15H,1-5H3/t15-/m1/s1. The molecule has 21 heavy (non-hydrogen) atoms. The van der Waals surface area contributed by atoms with Crippen LogP contribution in [0, 0.1) is 13.8 Å². The molecule has 0 N–H and O–H groups in total. The number of aromatic nitrogens is 1. The van der Waals surface area contributed by atoms with Gasteiger partial charge in [-0.1, -0.05) is 12.1 Å². The Morgan fingerprint density at radius 3 is 2.33 bits per heavy atom. The number of hydrogen-bond acceptors (Lipinski definition) is 3. The van der Waals surface area contributed by atoms with Crippen molar-refractivity contribution < 1.29 is 0 Å². The Kier molecular flexibility index (Phi) is 3.36. The number of hydrogen-bond donors (Lipinski definition) is 0. The minimum absolute atomic E-state index is 0.295. The third kappa shape index (κ3) is 2.08. The van der Waals surface area contributed by atoms with Gasteiger partial charge in [0.25, 0.3) is 0 Å². The minimum Gasteiger partial charge on any atom is -0.347 e. The van der Waals surface area contributed by atoms with Crippen LogP contribution in [0.25, 0.3) is 0 Å². The van der Waals surface area contributed by atoms with E-state index in [-0.39, 0.29) is 0 Å². The second-order valence-corrected chi connectivity index (χ2v) is 6.05. The van der Waals surface area contributed by atoms with Gasteiger partial charge in [0.15, 0.2) is 0 Å². The zero-order valence-electron chi connectivity index (χ0n) is 13.5. The molecule has 3 nitrogen and oxygen atoms in total. The van der Waals surface area contributed by atoms with E-state index in [1.54, 1.807) is 0 Å². The normalized spacial score (nSPS) is 17.5. The maximum atomic E-state index is 4.50. The zero-order chi connectivity index (χ0) is 15.1. The fourth-order valence-corrected chi connectivity index (χ4v) is 3.48. The van der Waals surface area contributed by atoms with Crippen molar-refractivity contribution in [3.8, 4) is 0 Å². The first-order valence-electron chi connectivity index (χ1n) is 7.61. The molecule has 0 radical (unpaired) electrons. The van der Waals surface area contributed by atoms with Crippen molar-refractivity contribution in [1.29, 1.82) is 0 Å². The molecule has 110 valence electrons. The van der Waals surface area contributed by atoms with E-state index in [2.05, 4.69) is 79.7 Å². The Morgan fingerprint density at radius 1 is 1.05 bits per heavy atom. The maximum absolute atomic E-state index is 4.50. The summed E-state index contributed by atoms with van der Waals surface area (Å²) < 4.78 is 0. The van der Waals surface area contributed by atoms with Gasteiger partial charge in [0.2, 0.25) is 0 Å². The Balaban J connectivity index is 2.20. The number of nitrogens with zero attached hydrogens (tertiary/aromatic N) is 3. The molecular formula is C18H23N3. The molecular weight excluding hydrogens is 258 g/mol. The lowest BCUT2D eigenvalue weighted by atomic mass is 10.1. The predicted octanol–water partition coefficient (Wildman–Crippen LogP) is 4.41. The van der Waals surface area contributed by atoms with Crippen LogP contribution in [-0.2, 0) is 0 Å². The number of pyridine rings is 1. The van der Waals surface area contributed by atoms with E-state index in [4.69, 9.17) is 0 Å². The van der Waals surface area contributed by atoms with Crippen molar-refractivity contribution in [2.24, 2.45) is 0 Å². The molecule has 1 aliphatic rings. The molecule has 1 aliphatic heterocycles. The van der Waals surface area contributed by atoms with Crippen molar-refractivity contribution in [3.63, 3.8) is 0 Å². The third-order valence-electron chi connectivity index (χ3n) is 4.30. The average Bonchev–Trinajstić information content (AvgIpc) is 2.72. The van der Waals surface area contributed by atoms with Crippen molar-refractivity contribution in [1.82, 2.24) is 4.98 Å². The van der Waals surface area contributed by atoms with E-state index in [9.17, 15) is 0 Å². The van der Waals surface area contributed by atoms with Gasteiger partial charge in [-0.05, 0) is 58.4 Å². The molecule has 1 aromatic carbocycles. The number of fused-ring (bicyclic) bond motifs is 1. The average molecular weight is 281 g/mol. The summed E-state index contributed by atoms with van der Waals surface area (Å²) in [5, 5.41) is 0. The fraction of sp³-hybridized carbons (Fsp3) is 0.389. The van der Waals surface area contributed by atoms with Crippen molar-refractivity contribution in [2.75, 3.05) is 9.80 Å². The molecule has 0 fully saturated rings. The van der Waals surface area contributed by atoms with Crippen molar-refractivity contribution >= 4 is 17.1 Å². The van der Waals surface area contributed by atoms with E-state index in [0.717, 1.165) is 5.69 Å². The van der Waals surface area contributed by atoms with Gasteiger partial charge in [0.05, 0.1) is 22.8 Å². The third-order valence-corrected chi connectivity index (χ3v) is 4.30. The largest absolute Gasteiger partial charge is 0.347 e. The highest BCUT2D eigenvalue weighted by atomic mass is 15.4. The Bertz CT molecular complexity index is 643. The summed E-state index contributed by atoms with van der Waals surface area (Å²) in [6, 6.07) is 11.2. The summed E-state index contributed by atoms with van der Waals surface area (Å²) in [5.74, 6) is 0. The molecule has 0 unspecified atom stereocenters. The molecule has 3 heteroatoms. The molecule has 0 bridgehead atoms. The lowest BCUT2D eigenvalue weighted by molar-refractivity contribution is 0.605. The molecule has 1 atom stereocenters. The molecule has 0 aliphatic carbocycles. The monoisotopic (exact) mass is 281 g/mol. The van der Waals surface area contributed by atoms with Crippen LogP contribution in [0.3, 0.4) is 0 Å². The smallest absolute Gasteiger partial charge is 0.104 e. The zero-order valence-corrected chi connectivity index (χ0v) is 13.5.